The summed E-state index contributed by atoms with van der Waals surface area (Å²) in [4.78, 5) is 17.5. The number of nitrogens with one attached hydrogen (secondary N) is 1. The number of para-hydroxylation sites is 1. The van der Waals surface area contributed by atoms with Gasteiger partial charge in [-0.3, -0.25) is 4.79 Å². The van der Waals surface area contributed by atoms with E-state index in [1.54, 1.807) is 0 Å². The Labute approximate surface area is 135 Å². The second-order valence-electron chi connectivity index (χ2n) is 6.38. The average Bonchev–Trinajstić information content (AvgIpc) is 3.09. The van der Waals surface area contributed by atoms with E-state index >= 15 is 0 Å². The van der Waals surface area contributed by atoms with E-state index in [9.17, 15) is 4.79 Å². The molecule has 1 N–H and O–H groups in total. The van der Waals surface area contributed by atoms with E-state index in [-0.39, 0.29) is 11.9 Å². The summed E-state index contributed by atoms with van der Waals surface area (Å²) in [6.07, 6.45) is 1.52. The molecule has 0 aliphatic carbocycles. The van der Waals surface area contributed by atoms with Crippen molar-refractivity contribution in [3.63, 3.8) is 0 Å². The maximum atomic E-state index is 12.0. The molecule has 1 aromatic heterocycles. The van der Waals surface area contributed by atoms with Crippen molar-refractivity contribution in [2.75, 3.05) is 7.05 Å². The third-order valence-corrected chi connectivity index (χ3v) is 4.91. The molecular formula is C20H20N2O. The fraction of sp³-hybridized carbons (Fsp3) is 0.250. The van der Waals surface area contributed by atoms with Gasteiger partial charge < -0.3 is 9.88 Å². The van der Waals surface area contributed by atoms with E-state index in [1.165, 1.54) is 22.1 Å². The van der Waals surface area contributed by atoms with Gasteiger partial charge in [0.2, 0.25) is 5.91 Å². The molecule has 0 spiro atoms. The molecule has 4 rings (SSSR count). The summed E-state index contributed by atoms with van der Waals surface area (Å²) in [6, 6.07) is 17.1. The number of carbonyl (C=O) groups excluding carboxylic acids is 1. The second kappa shape index (κ2) is 5.27. The Morgan fingerprint density at radius 3 is 2.52 bits per heavy atom. The lowest BCUT2D eigenvalue weighted by atomic mass is 9.97. The van der Waals surface area contributed by atoms with E-state index in [4.69, 9.17) is 0 Å². The zero-order valence-corrected chi connectivity index (χ0v) is 13.5. The molecule has 1 saturated heterocycles. The van der Waals surface area contributed by atoms with Crippen LogP contribution in [0.3, 0.4) is 0 Å². The zero-order valence-electron chi connectivity index (χ0n) is 13.5. The molecule has 2 heterocycles. The number of aromatic nitrogens is 1. The first-order valence-corrected chi connectivity index (χ1v) is 8.08. The van der Waals surface area contributed by atoms with Gasteiger partial charge in [-0.2, -0.15) is 0 Å². The molecule has 1 fully saturated rings. The number of rotatable bonds is 2. The second-order valence-corrected chi connectivity index (χ2v) is 6.38. The highest BCUT2D eigenvalue weighted by Crippen LogP contribution is 2.41. The molecule has 1 aliphatic heterocycles. The fourth-order valence-electron chi connectivity index (χ4n) is 3.60. The molecule has 3 heteroatoms. The Morgan fingerprint density at radius 1 is 1.09 bits per heavy atom. The Kier molecular flexibility index (Phi) is 3.22. The summed E-state index contributed by atoms with van der Waals surface area (Å²) >= 11 is 0. The highest BCUT2D eigenvalue weighted by molar-refractivity contribution is 5.92. The number of aromatic amines is 1. The first-order chi connectivity index (χ1) is 11.1. The van der Waals surface area contributed by atoms with Crippen LogP contribution in [-0.2, 0) is 4.79 Å². The predicted molar refractivity (Wildman–Crippen MR) is 93.2 cm³/mol. The van der Waals surface area contributed by atoms with E-state index in [0.717, 1.165) is 17.6 Å². The molecule has 1 unspecified atom stereocenters. The number of hydrogen-bond acceptors (Lipinski definition) is 1. The van der Waals surface area contributed by atoms with Gasteiger partial charge in [-0.15, -0.1) is 0 Å². The molecule has 3 nitrogen and oxygen atoms in total. The van der Waals surface area contributed by atoms with Crippen molar-refractivity contribution < 1.29 is 4.79 Å². The summed E-state index contributed by atoms with van der Waals surface area (Å²) in [5.41, 5.74) is 5.94. The van der Waals surface area contributed by atoms with Crippen molar-refractivity contribution in [2.45, 2.75) is 25.8 Å². The van der Waals surface area contributed by atoms with Crippen LogP contribution in [0.4, 0.5) is 0 Å². The van der Waals surface area contributed by atoms with Gasteiger partial charge in [-0.1, -0.05) is 48.0 Å². The van der Waals surface area contributed by atoms with Gasteiger partial charge in [-0.25, -0.2) is 0 Å². The van der Waals surface area contributed by atoms with Crippen molar-refractivity contribution in [3.05, 3.63) is 59.7 Å². The van der Waals surface area contributed by atoms with Gasteiger partial charge in [0.25, 0.3) is 0 Å². The van der Waals surface area contributed by atoms with E-state index in [0.29, 0.717) is 6.42 Å². The molecule has 0 saturated carbocycles. The van der Waals surface area contributed by atoms with Crippen molar-refractivity contribution in [3.8, 4) is 11.3 Å². The van der Waals surface area contributed by atoms with Crippen molar-refractivity contribution in [1.82, 2.24) is 9.88 Å². The minimum atomic E-state index is 0.148. The zero-order chi connectivity index (χ0) is 16.0. The molecule has 1 atom stereocenters. The molecule has 116 valence electrons. The molecule has 3 aromatic rings. The molecule has 23 heavy (non-hydrogen) atoms. The minimum absolute atomic E-state index is 0.148. The average molecular weight is 304 g/mol. The molecule has 0 bridgehead atoms. The van der Waals surface area contributed by atoms with Crippen LogP contribution in [0.2, 0.25) is 0 Å². The number of aryl methyl sites for hydroxylation is 1. The first-order valence-electron chi connectivity index (χ1n) is 8.08. The SMILES string of the molecule is Cc1ccc(-c2[nH]c3ccccc3c2C2CCC(=O)N2C)cc1. The number of likely N-dealkylation sites (tertiary alicyclic amines) is 1. The van der Waals surface area contributed by atoms with Crippen LogP contribution in [0.5, 0.6) is 0 Å². The lowest BCUT2D eigenvalue weighted by Gasteiger charge is -2.21. The smallest absolute Gasteiger partial charge is 0.222 e. The Morgan fingerprint density at radius 2 is 1.83 bits per heavy atom. The standard InChI is InChI=1S/C20H20N2O/c1-13-7-9-14(10-8-13)20-19(17-11-12-18(23)22(17)2)15-5-3-4-6-16(15)21-20/h3-10,17,21H,11-12H2,1-2H3. The summed E-state index contributed by atoms with van der Waals surface area (Å²) < 4.78 is 0. The summed E-state index contributed by atoms with van der Waals surface area (Å²) in [5, 5.41) is 1.22. The summed E-state index contributed by atoms with van der Waals surface area (Å²) in [7, 11) is 1.92. The maximum Gasteiger partial charge on any atom is 0.222 e. The van der Waals surface area contributed by atoms with Crippen LogP contribution in [0.1, 0.15) is 30.0 Å². The van der Waals surface area contributed by atoms with Crippen LogP contribution < -0.4 is 0 Å². The monoisotopic (exact) mass is 304 g/mol. The van der Waals surface area contributed by atoms with Gasteiger partial charge >= 0.3 is 0 Å². The number of amides is 1. The fourth-order valence-corrected chi connectivity index (χ4v) is 3.60. The molecule has 1 amide bonds. The normalized spacial score (nSPS) is 18.1. The molecular weight excluding hydrogens is 284 g/mol. The lowest BCUT2D eigenvalue weighted by molar-refractivity contribution is -0.127. The van der Waals surface area contributed by atoms with Crippen LogP contribution >= 0.6 is 0 Å². The highest BCUT2D eigenvalue weighted by atomic mass is 16.2. The molecule has 1 aliphatic rings. The van der Waals surface area contributed by atoms with Gasteiger partial charge in [-0.05, 0) is 25.0 Å². The number of H-pyrrole nitrogens is 1. The molecule has 0 radical (unpaired) electrons. The number of carbonyl (C=O) groups is 1. The van der Waals surface area contributed by atoms with E-state index < -0.39 is 0 Å². The van der Waals surface area contributed by atoms with Crippen molar-refractivity contribution in [2.24, 2.45) is 0 Å². The topological polar surface area (TPSA) is 36.1 Å². The molecule has 2 aromatic carbocycles. The van der Waals surface area contributed by atoms with Gasteiger partial charge in [0.15, 0.2) is 0 Å². The third-order valence-electron chi connectivity index (χ3n) is 4.91. The highest BCUT2D eigenvalue weighted by Gasteiger charge is 2.32. The number of hydrogen-bond donors (Lipinski definition) is 1. The largest absolute Gasteiger partial charge is 0.354 e. The number of benzene rings is 2. The van der Waals surface area contributed by atoms with Crippen molar-refractivity contribution >= 4 is 16.8 Å². The van der Waals surface area contributed by atoms with Gasteiger partial charge in [0, 0.05) is 29.9 Å². The summed E-state index contributed by atoms with van der Waals surface area (Å²) in [5.74, 6) is 0.232. The third kappa shape index (κ3) is 2.24. The van der Waals surface area contributed by atoms with Crippen LogP contribution in [0.15, 0.2) is 48.5 Å². The van der Waals surface area contributed by atoms with Crippen LogP contribution in [0, 0.1) is 6.92 Å². The van der Waals surface area contributed by atoms with Crippen LogP contribution in [0.25, 0.3) is 22.2 Å². The number of nitrogens with zero attached hydrogens (tertiary/aromatic N) is 1. The Bertz CT molecular complexity index is 876. The van der Waals surface area contributed by atoms with Gasteiger partial charge in [0.1, 0.15) is 0 Å². The number of fused-ring (bicyclic) bond motifs is 1. The lowest BCUT2D eigenvalue weighted by Crippen LogP contribution is -2.22. The van der Waals surface area contributed by atoms with Gasteiger partial charge in [0.05, 0.1) is 11.7 Å². The minimum Gasteiger partial charge on any atom is -0.354 e. The van der Waals surface area contributed by atoms with Crippen LogP contribution in [-0.4, -0.2) is 22.8 Å². The van der Waals surface area contributed by atoms with E-state index in [2.05, 4.69) is 54.4 Å². The van der Waals surface area contributed by atoms with Crippen molar-refractivity contribution in [1.29, 1.82) is 0 Å². The Balaban J connectivity index is 1.95. The summed E-state index contributed by atoms with van der Waals surface area (Å²) in [6.45, 7) is 2.10. The predicted octanol–water partition coefficient (Wildman–Crippen LogP) is 4.44. The first kappa shape index (κ1) is 14.1. The Hall–Kier alpha value is -2.55. The quantitative estimate of drug-likeness (QED) is 0.746. The van der Waals surface area contributed by atoms with E-state index in [1.807, 2.05) is 18.0 Å². The maximum absolute atomic E-state index is 12.0.